The molecule has 10 heteroatoms. The maximum atomic E-state index is 13.2. The number of anilines is 1. The summed E-state index contributed by atoms with van der Waals surface area (Å²) in [5, 5.41) is 0.625. The first kappa shape index (κ1) is 24.1. The molecule has 0 bridgehead atoms. The summed E-state index contributed by atoms with van der Waals surface area (Å²) in [6.07, 6.45) is 0. The third-order valence-electron chi connectivity index (χ3n) is 6.89. The van der Waals surface area contributed by atoms with Crippen molar-refractivity contribution in [3.63, 3.8) is 0 Å². The Kier molecular flexibility index (Phi) is 6.59. The van der Waals surface area contributed by atoms with Crippen LogP contribution in [0.1, 0.15) is 11.4 Å². The van der Waals surface area contributed by atoms with E-state index in [0.717, 1.165) is 47.9 Å². The van der Waals surface area contributed by atoms with Gasteiger partial charge in [-0.25, -0.2) is 9.78 Å². The van der Waals surface area contributed by atoms with E-state index in [4.69, 9.17) is 21.3 Å². The van der Waals surface area contributed by atoms with Crippen molar-refractivity contribution >= 4 is 28.5 Å². The van der Waals surface area contributed by atoms with Gasteiger partial charge in [0.25, 0.3) is 5.56 Å². The maximum Gasteiger partial charge on any atom is 0.332 e. The summed E-state index contributed by atoms with van der Waals surface area (Å²) >= 11 is 6.46. The molecule has 4 aromatic rings. The highest BCUT2D eigenvalue weighted by Crippen LogP contribution is 2.23. The molecular weight excluding hydrogens is 480 g/mol. The summed E-state index contributed by atoms with van der Waals surface area (Å²) in [6, 6.07) is 15.7. The first-order chi connectivity index (χ1) is 17.4. The van der Waals surface area contributed by atoms with Crippen LogP contribution in [-0.2, 0) is 27.2 Å². The number of hydrogen-bond acceptors (Lipinski definition) is 6. The van der Waals surface area contributed by atoms with Crippen LogP contribution >= 0.6 is 11.6 Å². The summed E-state index contributed by atoms with van der Waals surface area (Å²) in [6.45, 7) is 4.39. The number of ether oxygens (including phenoxy) is 1. The minimum absolute atomic E-state index is 0.358. The van der Waals surface area contributed by atoms with E-state index in [0.29, 0.717) is 29.3 Å². The second-order valence-corrected chi connectivity index (χ2v) is 9.45. The van der Waals surface area contributed by atoms with E-state index in [1.807, 2.05) is 41.0 Å². The number of hydrogen-bond donors (Lipinski definition) is 0. The Bertz CT molecular complexity index is 1510. The van der Waals surface area contributed by atoms with E-state index in [2.05, 4.69) is 21.9 Å². The van der Waals surface area contributed by atoms with E-state index in [1.165, 1.54) is 17.3 Å². The van der Waals surface area contributed by atoms with Crippen molar-refractivity contribution in [1.29, 1.82) is 0 Å². The quantitative estimate of drug-likeness (QED) is 0.398. The van der Waals surface area contributed by atoms with Gasteiger partial charge in [-0.2, -0.15) is 0 Å². The van der Waals surface area contributed by atoms with E-state index < -0.39 is 5.69 Å². The van der Waals surface area contributed by atoms with Gasteiger partial charge < -0.3 is 14.2 Å². The van der Waals surface area contributed by atoms with E-state index in [1.54, 1.807) is 14.2 Å². The van der Waals surface area contributed by atoms with Crippen LogP contribution in [0.25, 0.3) is 11.2 Å². The first-order valence-corrected chi connectivity index (χ1v) is 12.2. The van der Waals surface area contributed by atoms with Gasteiger partial charge in [0.2, 0.25) is 0 Å². The average molecular weight is 509 g/mol. The van der Waals surface area contributed by atoms with Crippen molar-refractivity contribution in [3.05, 3.63) is 85.8 Å². The molecule has 5 rings (SSSR count). The molecule has 0 unspecified atom stereocenters. The van der Waals surface area contributed by atoms with Crippen molar-refractivity contribution in [1.82, 2.24) is 23.6 Å². The van der Waals surface area contributed by atoms with E-state index in [-0.39, 0.29) is 5.56 Å². The third-order valence-corrected chi connectivity index (χ3v) is 7.26. The predicted molar refractivity (Wildman–Crippen MR) is 141 cm³/mol. The normalized spacial score (nSPS) is 14.5. The molecule has 0 atom stereocenters. The highest BCUT2D eigenvalue weighted by molar-refractivity contribution is 6.31. The van der Waals surface area contributed by atoms with Gasteiger partial charge in [-0.15, -0.1) is 0 Å². The van der Waals surface area contributed by atoms with Gasteiger partial charge in [-0.1, -0.05) is 29.8 Å². The van der Waals surface area contributed by atoms with Crippen molar-refractivity contribution in [2.45, 2.75) is 13.1 Å². The molecule has 0 N–H and O–H groups in total. The Labute approximate surface area is 213 Å². The second-order valence-electron chi connectivity index (χ2n) is 9.04. The molecule has 0 radical (unpaired) electrons. The van der Waals surface area contributed by atoms with Gasteiger partial charge in [-0.05, 0) is 35.9 Å². The van der Waals surface area contributed by atoms with Gasteiger partial charge in [-0.3, -0.25) is 18.8 Å². The number of imidazole rings is 1. The largest absolute Gasteiger partial charge is 0.497 e. The summed E-state index contributed by atoms with van der Waals surface area (Å²) in [5.41, 5.74) is 2.10. The molecule has 1 fully saturated rings. The van der Waals surface area contributed by atoms with E-state index >= 15 is 0 Å². The number of aryl methyl sites for hydroxylation is 1. The highest BCUT2D eigenvalue weighted by atomic mass is 35.5. The zero-order chi connectivity index (χ0) is 25.4. The van der Waals surface area contributed by atoms with Gasteiger partial charge in [0, 0.05) is 51.0 Å². The summed E-state index contributed by atoms with van der Waals surface area (Å²) < 4.78 is 9.74. The molecule has 9 nitrogen and oxygen atoms in total. The molecule has 2 aromatic heterocycles. The van der Waals surface area contributed by atoms with Crippen molar-refractivity contribution in [2.24, 2.45) is 14.1 Å². The van der Waals surface area contributed by atoms with Crippen LogP contribution in [0.4, 0.5) is 5.69 Å². The number of piperazine rings is 1. The van der Waals surface area contributed by atoms with Gasteiger partial charge in [0.1, 0.15) is 11.6 Å². The molecule has 1 saturated heterocycles. The number of rotatable bonds is 6. The number of methoxy groups -OCH3 is 1. The molecule has 36 heavy (non-hydrogen) atoms. The molecule has 0 aliphatic carbocycles. The SMILES string of the molecule is COc1ccc(N2CCN(Cc3nc4c(c(=O)n(C)c(=O)n4C)n3Cc3ccccc3Cl)CC2)cc1. The summed E-state index contributed by atoms with van der Waals surface area (Å²) in [4.78, 5) is 35.2. The lowest BCUT2D eigenvalue weighted by atomic mass is 10.2. The van der Waals surface area contributed by atoms with Gasteiger partial charge >= 0.3 is 5.69 Å². The standard InChI is InChI=1S/C26H29ClN6O3/c1-29-24-23(25(34)30(2)26(29)35)33(16-18-6-4-5-7-21(18)27)22(28-24)17-31-12-14-32(15-13-31)19-8-10-20(36-3)11-9-19/h4-11H,12-17H2,1-3H3. The number of nitrogens with zero attached hydrogens (tertiary/aromatic N) is 6. The molecular formula is C26H29ClN6O3. The summed E-state index contributed by atoms with van der Waals surface area (Å²) in [7, 11) is 4.81. The zero-order valence-corrected chi connectivity index (χ0v) is 21.4. The maximum absolute atomic E-state index is 13.2. The Balaban J connectivity index is 1.45. The lowest BCUT2D eigenvalue weighted by Gasteiger charge is -2.36. The first-order valence-electron chi connectivity index (χ1n) is 11.9. The number of halogens is 1. The Morgan fingerprint density at radius 3 is 2.28 bits per heavy atom. The fraction of sp³-hybridized carbons (Fsp3) is 0.346. The summed E-state index contributed by atoms with van der Waals surface area (Å²) in [5.74, 6) is 1.58. The molecule has 188 valence electrons. The zero-order valence-electron chi connectivity index (χ0n) is 20.6. The topological polar surface area (TPSA) is 77.5 Å². The molecule has 1 aliphatic rings. The molecule has 0 spiro atoms. The third kappa shape index (κ3) is 4.40. The van der Waals surface area contributed by atoms with Crippen LogP contribution in [0.2, 0.25) is 5.02 Å². The number of fused-ring (bicyclic) bond motifs is 1. The van der Waals surface area contributed by atoms with E-state index in [9.17, 15) is 9.59 Å². The number of aromatic nitrogens is 4. The molecule has 0 amide bonds. The molecule has 2 aromatic carbocycles. The Morgan fingerprint density at radius 1 is 0.917 bits per heavy atom. The monoisotopic (exact) mass is 508 g/mol. The Morgan fingerprint density at radius 2 is 1.61 bits per heavy atom. The molecule has 0 saturated carbocycles. The minimum atomic E-state index is -0.394. The molecule has 1 aliphatic heterocycles. The van der Waals surface area contributed by atoms with Gasteiger partial charge in [0.05, 0.1) is 20.2 Å². The fourth-order valence-electron chi connectivity index (χ4n) is 4.74. The fourth-order valence-corrected chi connectivity index (χ4v) is 4.93. The lowest BCUT2D eigenvalue weighted by Crippen LogP contribution is -2.46. The van der Waals surface area contributed by atoms with Crippen molar-refractivity contribution < 1.29 is 4.74 Å². The predicted octanol–water partition coefficient (Wildman–Crippen LogP) is 2.47. The van der Waals surface area contributed by atoms with Crippen molar-refractivity contribution in [2.75, 3.05) is 38.2 Å². The van der Waals surface area contributed by atoms with Crippen molar-refractivity contribution in [3.8, 4) is 5.75 Å². The lowest BCUT2D eigenvalue weighted by molar-refractivity contribution is 0.241. The second kappa shape index (κ2) is 9.83. The van der Waals surface area contributed by atoms with Gasteiger partial charge in [0.15, 0.2) is 11.2 Å². The minimum Gasteiger partial charge on any atom is -0.497 e. The highest BCUT2D eigenvalue weighted by Gasteiger charge is 2.23. The smallest absolute Gasteiger partial charge is 0.332 e. The van der Waals surface area contributed by atoms with Crippen LogP contribution in [0.15, 0.2) is 58.1 Å². The van der Waals surface area contributed by atoms with Crippen LogP contribution in [0.5, 0.6) is 5.75 Å². The number of benzene rings is 2. The van der Waals surface area contributed by atoms with Crippen LogP contribution in [0, 0.1) is 0 Å². The van der Waals surface area contributed by atoms with Crippen LogP contribution < -0.4 is 20.9 Å². The van der Waals surface area contributed by atoms with Crippen LogP contribution in [0.3, 0.4) is 0 Å². The molecule has 3 heterocycles. The van der Waals surface area contributed by atoms with Crippen LogP contribution in [-0.4, -0.2) is 56.9 Å². The Hall–Kier alpha value is -3.56. The average Bonchev–Trinajstić information content (AvgIpc) is 3.25.